The molecule has 0 spiro atoms. The van der Waals surface area contributed by atoms with Crippen LogP contribution in [0.5, 0.6) is 0 Å². The van der Waals surface area contributed by atoms with E-state index in [1.54, 1.807) is 12.1 Å². The van der Waals surface area contributed by atoms with Crippen molar-refractivity contribution in [2.24, 2.45) is 5.92 Å². The van der Waals surface area contributed by atoms with E-state index in [2.05, 4.69) is 15.6 Å². The molecule has 144 valence electrons. The number of carbonyl (C=O) groups excluding carboxylic acids is 2. The number of fused-ring (bicyclic) bond motifs is 1. The lowest BCUT2D eigenvalue weighted by molar-refractivity contribution is -0.117. The van der Waals surface area contributed by atoms with E-state index in [9.17, 15) is 14.0 Å². The van der Waals surface area contributed by atoms with Crippen LogP contribution in [0.2, 0.25) is 0 Å². The summed E-state index contributed by atoms with van der Waals surface area (Å²) in [7, 11) is 0. The molecule has 1 aliphatic carbocycles. The summed E-state index contributed by atoms with van der Waals surface area (Å²) in [6.07, 6.45) is 2.01. The molecule has 0 atom stereocenters. The molecule has 1 aromatic heterocycles. The van der Waals surface area contributed by atoms with Crippen molar-refractivity contribution >= 4 is 34.1 Å². The van der Waals surface area contributed by atoms with Gasteiger partial charge in [0.15, 0.2) is 0 Å². The number of benzene rings is 2. The molecule has 1 fully saturated rings. The third-order valence-corrected chi connectivity index (χ3v) is 5.15. The highest BCUT2D eigenvalue weighted by Crippen LogP contribution is 2.31. The summed E-state index contributed by atoms with van der Waals surface area (Å²) in [6.45, 7) is 3.77. The van der Waals surface area contributed by atoms with Crippen LogP contribution in [-0.2, 0) is 16.0 Å². The van der Waals surface area contributed by atoms with E-state index in [4.69, 9.17) is 0 Å². The number of aromatic nitrogens is 1. The molecule has 5 nitrogen and oxygen atoms in total. The van der Waals surface area contributed by atoms with Gasteiger partial charge in [0.2, 0.25) is 11.8 Å². The van der Waals surface area contributed by atoms with Gasteiger partial charge in [-0.1, -0.05) is 6.07 Å². The molecule has 0 bridgehead atoms. The fraction of sp³-hybridized carbons (Fsp3) is 0.273. The normalized spacial score (nSPS) is 13.5. The summed E-state index contributed by atoms with van der Waals surface area (Å²) in [5.41, 5.74) is 4.66. The number of hydrogen-bond acceptors (Lipinski definition) is 2. The Morgan fingerprint density at radius 3 is 2.64 bits per heavy atom. The minimum Gasteiger partial charge on any atom is -0.358 e. The van der Waals surface area contributed by atoms with Gasteiger partial charge in [0.1, 0.15) is 5.82 Å². The smallest absolute Gasteiger partial charge is 0.228 e. The first-order valence-electron chi connectivity index (χ1n) is 9.39. The van der Waals surface area contributed by atoms with Crippen LogP contribution in [0.4, 0.5) is 15.8 Å². The standard InChI is InChI=1S/C22H22FN3O2/c1-12-3-7-16(25-22(28)14-4-5-14)10-20(12)26-21(27)11-17-13(2)24-19-8-6-15(23)9-18(17)19/h3,6-10,14,24H,4-5,11H2,1-2H3,(H,25,28)(H,26,27). The molecular formula is C22H22FN3O2. The number of amides is 2. The zero-order chi connectivity index (χ0) is 19.8. The average Bonchev–Trinajstić information content (AvgIpc) is 3.45. The molecule has 2 aromatic carbocycles. The Hall–Kier alpha value is -3.15. The SMILES string of the molecule is Cc1ccc(NC(=O)C2CC2)cc1NC(=O)Cc1c(C)[nH]c2ccc(F)cc12. The number of halogens is 1. The molecule has 3 N–H and O–H groups in total. The second-order valence-corrected chi connectivity index (χ2v) is 7.44. The van der Waals surface area contributed by atoms with E-state index in [1.807, 2.05) is 26.0 Å². The van der Waals surface area contributed by atoms with Gasteiger partial charge in [-0.15, -0.1) is 0 Å². The number of aromatic amines is 1. The number of anilines is 2. The maximum Gasteiger partial charge on any atom is 0.228 e. The van der Waals surface area contributed by atoms with Gasteiger partial charge in [-0.25, -0.2) is 4.39 Å². The minimum absolute atomic E-state index is 0.0255. The van der Waals surface area contributed by atoms with E-state index in [0.717, 1.165) is 40.6 Å². The van der Waals surface area contributed by atoms with Crippen LogP contribution in [-0.4, -0.2) is 16.8 Å². The maximum absolute atomic E-state index is 13.6. The number of hydrogen-bond donors (Lipinski definition) is 3. The van der Waals surface area contributed by atoms with Crippen LogP contribution in [0.3, 0.4) is 0 Å². The molecule has 0 aliphatic heterocycles. The number of rotatable bonds is 5. The van der Waals surface area contributed by atoms with Gasteiger partial charge in [-0.3, -0.25) is 9.59 Å². The maximum atomic E-state index is 13.6. The van der Waals surface area contributed by atoms with Gasteiger partial charge in [0.05, 0.1) is 6.42 Å². The number of aryl methyl sites for hydroxylation is 2. The monoisotopic (exact) mass is 379 g/mol. The van der Waals surface area contributed by atoms with Gasteiger partial charge in [0, 0.05) is 33.9 Å². The lowest BCUT2D eigenvalue weighted by Gasteiger charge is -2.12. The van der Waals surface area contributed by atoms with Crippen LogP contribution >= 0.6 is 0 Å². The largest absolute Gasteiger partial charge is 0.358 e. The second kappa shape index (κ2) is 7.11. The topological polar surface area (TPSA) is 74.0 Å². The fourth-order valence-electron chi connectivity index (χ4n) is 3.36. The quantitative estimate of drug-likeness (QED) is 0.613. The first kappa shape index (κ1) is 18.2. The van der Waals surface area contributed by atoms with Crippen molar-refractivity contribution in [3.8, 4) is 0 Å². The van der Waals surface area contributed by atoms with Crippen molar-refractivity contribution in [1.82, 2.24) is 4.98 Å². The highest BCUT2D eigenvalue weighted by atomic mass is 19.1. The van der Waals surface area contributed by atoms with Crippen molar-refractivity contribution in [3.05, 3.63) is 59.0 Å². The highest BCUT2D eigenvalue weighted by Gasteiger charge is 2.29. The second-order valence-electron chi connectivity index (χ2n) is 7.44. The minimum atomic E-state index is -0.330. The first-order chi connectivity index (χ1) is 13.4. The Labute approximate surface area is 162 Å². The Bertz CT molecular complexity index is 1080. The molecule has 3 aromatic rings. The Morgan fingerprint density at radius 2 is 1.89 bits per heavy atom. The summed E-state index contributed by atoms with van der Waals surface area (Å²) >= 11 is 0. The Morgan fingerprint density at radius 1 is 1.11 bits per heavy atom. The molecule has 0 saturated heterocycles. The third-order valence-electron chi connectivity index (χ3n) is 5.15. The van der Waals surface area contributed by atoms with Crippen molar-refractivity contribution in [1.29, 1.82) is 0 Å². The van der Waals surface area contributed by atoms with Gasteiger partial charge in [-0.05, 0) is 68.1 Å². The molecule has 6 heteroatoms. The molecule has 4 rings (SSSR count). The van der Waals surface area contributed by atoms with Gasteiger partial charge >= 0.3 is 0 Å². The molecule has 1 aliphatic rings. The summed E-state index contributed by atoms with van der Waals surface area (Å²) in [5, 5.41) is 6.53. The van der Waals surface area contributed by atoms with Crippen LogP contribution < -0.4 is 10.6 Å². The number of nitrogens with one attached hydrogen (secondary N) is 3. The summed E-state index contributed by atoms with van der Waals surface area (Å²) < 4.78 is 13.6. The third kappa shape index (κ3) is 3.76. The van der Waals surface area contributed by atoms with E-state index in [-0.39, 0.29) is 30.0 Å². The van der Waals surface area contributed by atoms with Gasteiger partial charge in [0.25, 0.3) is 0 Å². The Balaban J connectivity index is 1.51. The van der Waals surface area contributed by atoms with Crippen LogP contribution in [0.15, 0.2) is 36.4 Å². The van der Waals surface area contributed by atoms with Crippen LogP contribution in [0.25, 0.3) is 10.9 Å². The van der Waals surface area contributed by atoms with Crippen molar-refractivity contribution in [2.75, 3.05) is 10.6 Å². The zero-order valence-electron chi connectivity index (χ0n) is 15.9. The summed E-state index contributed by atoms with van der Waals surface area (Å²) in [5.74, 6) is -0.382. The van der Waals surface area contributed by atoms with E-state index in [0.29, 0.717) is 11.4 Å². The first-order valence-corrected chi connectivity index (χ1v) is 9.39. The van der Waals surface area contributed by atoms with Gasteiger partial charge in [-0.2, -0.15) is 0 Å². The van der Waals surface area contributed by atoms with Crippen LogP contribution in [0, 0.1) is 25.6 Å². The number of H-pyrrole nitrogens is 1. The molecule has 1 heterocycles. The fourth-order valence-corrected chi connectivity index (χ4v) is 3.36. The molecule has 0 unspecified atom stereocenters. The number of carbonyl (C=O) groups is 2. The Kier molecular flexibility index (Phi) is 4.63. The van der Waals surface area contributed by atoms with Crippen LogP contribution in [0.1, 0.15) is 29.7 Å². The van der Waals surface area contributed by atoms with E-state index in [1.165, 1.54) is 12.1 Å². The summed E-state index contributed by atoms with van der Waals surface area (Å²) in [6, 6.07) is 9.99. The molecule has 0 radical (unpaired) electrons. The van der Waals surface area contributed by atoms with Crippen molar-refractivity contribution in [3.63, 3.8) is 0 Å². The predicted molar refractivity (Wildman–Crippen MR) is 108 cm³/mol. The zero-order valence-corrected chi connectivity index (χ0v) is 15.9. The highest BCUT2D eigenvalue weighted by molar-refractivity contribution is 5.98. The summed E-state index contributed by atoms with van der Waals surface area (Å²) in [4.78, 5) is 27.8. The van der Waals surface area contributed by atoms with Gasteiger partial charge < -0.3 is 15.6 Å². The lowest BCUT2D eigenvalue weighted by atomic mass is 10.1. The average molecular weight is 379 g/mol. The molecule has 28 heavy (non-hydrogen) atoms. The van der Waals surface area contributed by atoms with E-state index >= 15 is 0 Å². The molecule has 2 amide bonds. The van der Waals surface area contributed by atoms with Crippen molar-refractivity contribution in [2.45, 2.75) is 33.1 Å². The van der Waals surface area contributed by atoms with Crippen molar-refractivity contribution < 1.29 is 14.0 Å². The predicted octanol–water partition coefficient (Wildman–Crippen LogP) is 4.45. The van der Waals surface area contributed by atoms with E-state index < -0.39 is 0 Å². The lowest BCUT2D eigenvalue weighted by Crippen LogP contribution is -2.17. The molecular weight excluding hydrogens is 357 g/mol. The molecule has 1 saturated carbocycles.